The number of carbonyl (C=O) groups is 2. The van der Waals surface area contributed by atoms with Crippen molar-refractivity contribution in [2.75, 3.05) is 19.8 Å². The Labute approximate surface area is 152 Å². The quantitative estimate of drug-likeness (QED) is 0.717. The third-order valence-electron chi connectivity index (χ3n) is 4.70. The molecule has 2 heterocycles. The van der Waals surface area contributed by atoms with E-state index in [1.165, 1.54) is 35.6 Å². The Kier molecular flexibility index (Phi) is 4.57. The van der Waals surface area contributed by atoms with Crippen LogP contribution in [0.4, 0.5) is 0 Å². The maximum atomic E-state index is 12.9. The van der Waals surface area contributed by atoms with Gasteiger partial charge >= 0.3 is 0 Å². The Bertz CT molecular complexity index is 956. The Morgan fingerprint density at radius 2 is 1.73 bits per heavy atom. The molecule has 2 fully saturated rings. The van der Waals surface area contributed by atoms with E-state index in [2.05, 4.69) is 5.32 Å². The highest BCUT2D eigenvalue weighted by molar-refractivity contribution is 7.89. The van der Waals surface area contributed by atoms with E-state index in [4.69, 9.17) is 0 Å². The minimum absolute atomic E-state index is 0.00365. The normalized spacial score (nSPS) is 23.9. The first-order valence-corrected chi connectivity index (χ1v) is 11.2. The maximum Gasteiger partial charge on any atom is 0.251 e. The highest BCUT2D eigenvalue weighted by Gasteiger charge is 2.53. The van der Waals surface area contributed by atoms with Crippen LogP contribution in [0.1, 0.15) is 23.2 Å². The molecule has 26 heavy (non-hydrogen) atoms. The van der Waals surface area contributed by atoms with Gasteiger partial charge < -0.3 is 5.32 Å². The molecule has 2 unspecified atom stereocenters. The van der Waals surface area contributed by atoms with E-state index in [0.29, 0.717) is 5.56 Å². The summed E-state index contributed by atoms with van der Waals surface area (Å²) in [5.74, 6) is -0.919. The summed E-state index contributed by atoms with van der Waals surface area (Å²) in [4.78, 5) is 23.6. The standard InChI is InChI=1S/C15H19N3O6S2/c1-16-15(20)10-3-5-11(6-4-10)26(23,24)17-8-7-12-13(17)9-14(19)18(12)25(2,21)22/h3-6,12-13H,7-9H2,1-2H3,(H,16,20). The lowest BCUT2D eigenvalue weighted by Crippen LogP contribution is -2.41. The fourth-order valence-corrected chi connectivity index (χ4v) is 6.41. The van der Waals surface area contributed by atoms with Crippen LogP contribution in [0.25, 0.3) is 0 Å². The second kappa shape index (κ2) is 6.32. The summed E-state index contributed by atoms with van der Waals surface area (Å²) in [5, 5.41) is 2.45. The smallest absolute Gasteiger partial charge is 0.251 e. The van der Waals surface area contributed by atoms with Gasteiger partial charge in [0.05, 0.1) is 23.2 Å². The van der Waals surface area contributed by atoms with Crippen LogP contribution in [0.15, 0.2) is 29.2 Å². The molecule has 0 bridgehead atoms. The first kappa shape index (κ1) is 18.8. The molecular formula is C15H19N3O6S2. The zero-order valence-electron chi connectivity index (χ0n) is 14.2. The van der Waals surface area contributed by atoms with Crippen molar-refractivity contribution in [1.29, 1.82) is 0 Å². The molecule has 2 aliphatic heterocycles. The average molecular weight is 401 g/mol. The average Bonchev–Trinajstić information content (AvgIpc) is 3.10. The Morgan fingerprint density at radius 1 is 1.12 bits per heavy atom. The van der Waals surface area contributed by atoms with Crippen molar-refractivity contribution in [3.8, 4) is 0 Å². The van der Waals surface area contributed by atoms with Gasteiger partial charge in [-0.05, 0) is 30.7 Å². The second-order valence-electron chi connectivity index (χ2n) is 6.30. The number of rotatable bonds is 4. The minimum atomic E-state index is -3.91. The predicted molar refractivity (Wildman–Crippen MR) is 92.2 cm³/mol. The van der Waals surface area contributed by atoms with Crippen LogP contribution in [0, 0.1) is 0 Å². The van der Waals surface area contributed by atoms with Crippen molar-refractivity contribution in [3.05, 3.63) is 29.8 Å². The second-order valence-corrected chi connectivity index (χ2v) is 10.0. The molecule has 0 saturated carbocycles. The van der Waals surface area contributed by atoms with Gasteiger partial charge in [0.15, 0.2) is 0 Å². The molecule has 0 aliphatic carbocycles. The summed E-state index contributed by atoms with van der Waals surface area (Å²) in [7, 11) is -6.17. The molecule has 2 saturated heterocycles. The van der Waals surface area contributed by atoms with Crippen LogP contribution < -0.4 is 5.32 Å². The molecule has 0 spiro atoms. The van der Waals surface area contributed by atoms with E-state index in [0.717, 1.165) is 10.6 Å². The van der Waals surface area contributed by atoms with Crippen LogP contribution in [0.3, 0.4) is 0 Å². The Hall–Kier alpha value is -1.98. The van der Waals surface area contributed by atoms with Crippen molar-refractivity contribution in [1.82, 2.24) is 13.9 Å². The van der Waals surface area contributed by atoms with Gasteiger partial charge in [-0.1, -0.05) is 0 Å². The number of hydrogen-bond acceptors (Lipinski definition) is 6. The van der Waals surface area contributed by atoms with Crippen molar-refractivity contribution in [2.45, 2.75) is 29.8 Å². The summed E-state index contributed by atoms with van der Waals surface area (Å²) in [6, 6.07) is 4.10. The monoisotopic (exact) mass is 401 g/mol. The van der Waals surface area contributed by atoms with Crippen molar-refractivity contribution < 1.29 is 26.4 Å². The third kappa shape index (κ3) is 2.99. The summed E-state index contributed by atoms with van der Waals surface area (Å²) in [5.41, 5.74) is 0.324. The molecule has 1 aromatic carbocycles. The van der Waals surface area contributed by atoms with Gasteiger partial charge in [0.25, 0.3) is 5.91 Å². The van der Waals surface area contributed by atoms with Crippen molar-refractivity contribution in [2.24, 2.45) is 0 Å². The molecule has 1 N–H and O–H groups in total. The fraction of sp³-hybridized carbons (Fsp3) is 0.467. The topological polar surface area (TPSA) is 121 Å². The maximum absolute atomic E-state index is 12.9. The van der Waals surface area contributed by atoms with Crippen LogP contribution in [-0.4, -0.2) is 69.2 Å². The SMILES string of the molecule is CNC(=O)c1ccc(S(=O)(=O)N2CCC3C2CC(=O)N3S(C)(=O)=O)cc1. The molecular weight excluding hydrogens is 382 g/mol. The van der Waals surface area contributed by atoms with Crippen molar-refractivity contribution >= 4 is 31.9 Å². The van der Waals surface area contributed by atoms with E-state index in [9.17, 15) is 26.4 Å². The van der Waals surface area contributed by atoms with Crippen LogP contribution in [0.2, 0.25) is 0 Å². The lowest BCUT2D eigenvalue weighted by atomic mass is 10.1. The van der Waals surface area contributed by atoms with Crippen LogP contribution in [0.5, 0.6) is 0 Å². The van der Waals surface area contributed by atoms with Gasteiger partial charge in [0.1, 0.15) is 0 Å². The molecule has 9 nitrogen and oxygen atoms in total. The number of carbonyl (C=O) groups excluding carboxylic acids is 2. The summed E-state index contributed by atoms with van der Waals surface area (Å²) in [6.45, 7) is 0.133. The Balaban J connectivity index is 1.90. The summed E-state index contributed by atoms with van der Waals surface area (Å²) in [6.07, 6.45) is 1.05. The lowest BCUT2D eigenvalue weighted by molar-refractivity contribution is -0.124. The number of amides is 2. The van der Waals surface area contributed by atoms with E-state index in [-0.39, 0.29) is 30.2 Å². The first-order chi connectivity index (χ1) is 12.1. The van der Waals surface area contributed by atoms with Gasteiger partial charge in [-0.25, -0.2) is 21.1 Å². The molecule has 1 aromatic rings. The lowest BCUT2D eigenvalue weighted by Gasteiger charge is -2.23. The molecule has 11 heteroatoms. The fourth-order valence-electron chi connectivity index (χ4n) is 3.56. The van der Waals surface area contributed by atoms with E-state index >= 15 is 0 Å². The number of nitrogens with one attached hydrogen (secondary N) is 1. The summed E-state index contributed by atoms with van der Waals surface area (Å²) >= 11 is 0. The van der Waals surface area contributed by atoms with E-state index < -0.39 is 38.0 Å². The van der Waals surface area contributed by atoms with Crippen LogP contribution >= 0.6 is 0 Å². The molecule has 2 atom stereocenters. The van der Waals surface area contributed by atoms with Gasteiger partial charge in [0, 0.05) is 25.6 Å². The molecule has 2 amide bonds. The molecule has 142 valence electrons. The van der Waals surface area contributed by atoms with Crippen molar-refractivity contribution in [3.63, 3.8) is 0 Å². The summed E-state index contributed by atoms with van der Waals surface area (Å²) < 4.78 is 51.6. The van der Waals surface area contributed by atoms with Gasteiger partial charge in [-0.2, -0.15) is 4.31 Å². The molecule has 0 aromatic heterocycles. The number of benzene rings is 1. The predicted octanol–water partition coefficient (Wildman–Crippen LogP) is -0.630. The highest BCUT2D eigenvalue weighted by Crippen LogP contribution is 2.37. The Morgan fingerprint density at radius 3 is 2.27 bits per heavy atom. The highest BCUT2D eigenvalue weighted by atomic mass is 32.2. The third-order valence-corrected chi connectivity index (χ3v) is 7.83. The van der Waals surface area contributed by atoms with Gasteiger partial charge in [-0.15, -0.1) is 0 Å². The minimum Gasteiger partial charge on any atom is -0.355 e. The number of hydrogen-bond donors (Lipinski definition) is 1. The first-order valence-electron chi connectivity index (χ1n) is 7.93. The zero-order chi connectivity index (χ0) is 19.3. The molecule has 0 radical (unpaired) electrons. The van der Waals surface area contributed by atoms with Gasteiger partial charge in [0.2, 0.25) is 26.0 Å². The zero-order valence-corrected chi connectivity index (χ0v) is 15.9. The van der Waals surface area contributed by atoms with E-state index in [1.54, 1.807) is 0 Å². The number of sulfonamides is 2. The number of nitrogens with zero attached hydrogens (tertiary/aromatic N) is 2. The molecule has 3 rings (SSSR count). The number of fused-ring (bicyclic) bond motifs is 1. The molecule has 2 aliphatic rings. The van der Waals surface area contributed by atoms with E-state index in [1.807, 2.05) is 0 Å². The largest absolute Gasteiger partial charge is 0.355 e. The van der Waals surface area contributed by atoms with Gasteiger partial charge in [-0.3, -0.25) is 9.59 Å². The van der Waals surface area contributed by atoms with Crippen LogP contribution in [-0.2, 0) is 24.8 Å².